The average molecular weight is 124 g/mol. The van der Waals surface area contributed by atoms with Gasteiger partial charge < -0.3 is 0 Å². The first kappa shape index (κ1) is 6.85. The predicted molar refractivity (Wildman–Crippen MR) is 41.4 cm³/mol. The van der Waals surface area contributed by atoms with E-state index >= 15 is 0 Å². The molecule has 0 heteroatoms. The van der Waals surface area contributed by atoms with Crippen LogP contribution in [0.5, 0.6) is 0 Å². The van der Waals surface area contributed by atoms with Crippen LogP contribution in [0.25, 0.3) is 0 Å². The Labute approximate surface area is 58.0 Å². The second kappa shape index (κ2) is 3.71. The molecule has 1 aliphatic carbocycles. The van der Waals surface area contributed by atoms with E-state index in [9.17, 15) is 0 Å². The summed E-state index contributed by atoms with van der Waals surface area (Å²) in [5.41, 5.74) is 0. The average Bonchev–Trinajstić information content (AvgIpc) is 2.34. The standard InChI is InChI=1S/C9H16/c1-2-3-6-9-7-4-5-8-9/h2-3,9H,4-8H2,1H3/b3-2+. The van der Waals surface area contributed by atoms with E-state index in [-0.39, 0.29) is 0 Å². The van der Waals surface area contributed by atoms with E-state index in [1.165, 1.54) is 32.1 Å². The molecule has 1 rings (SSSR count). The summed E-state index contributed by atoms with van der Waals surface area (Å²) in [4.78, 5) is 0. The van der Waals surface area contributed by atoms with E-state index in [0.29, 0.717) is 0 Å². The van der Waals surface area contributed by atoms with Crippen molar-refractivity contribution in [1.29, 1.82) is 0 Å². The Balaban J connectivity index is 2.11. The van der Waals surface area contributed by atoms with Crippen LogP contribution in [0.3, 0.4) is 0 Å². The molecule has 0 nitrogen and oxygen atoms in total. The van der Waals surface area contributed by atoms with Gasteiger partial charge in [0.25, 0.3) is 0 Å². The topological polar surface area (TPSA) is 0 Å². The second-order valence-electron chi connectivity index (χ2n) is 2.96. The molecule has 0 radical (unpaired) electrons. The molecule has 0 bridgehead atoms. The van der Waals surface area contributed by atoms with Gasteiger partial charge in [0.2, 0.25) is 0 Å². The summed E-state index contributed by atoms with van der Waals surface area (Å²) >= 11 is 0. The zero-order valence-corrected chi connectivity index (χ0v) is 6.27. The Bertz CT molecular complexity index is 86.2. The first-order chi connectivity index (χ1) is 4.43. The molecule has 0 heterocycles. The van der Waals surface area contributed by atoms with E-state index in [1.807, 2.05) is 0 Å². The van der Waals surface area contributed by atoms with Crippen LogP contribution < -0.4 is 0 Å². The van der Waals surface area contributed by atoms with Gasteiger partial charge in [0.1, 0.15) is 0 Å². The highest BCUT2D eigenvalue weighted by atomic mass is 14.2. The molecule has 0 aromatic carbocycles. The Morgan fingerprint density at radius 1 is 1.33 bits per heavy atom. The number of hydrogen-bond donors (Lipinski definition) is 0. The van der Waals surface area contributed by atoms with E-state index in [1.54, 1.807) is 0 Å². The van der Waals surface area contributed by atoms with E-state index in [4.69, 9.17) is 0 Å². The minimum Gasteiger partial charge on any atom is -0.0917 e. The zero-order chi connectivity index (χ0) is 6.53. The summed E-state index contributed by atoms with van der Waals surface area (Å²) in [6.07, 6.45) is 11.7. The largest absolute Gasteiger partial charge is 0.0917 e. The number of hydrogen-bond acceptors (Lipinski definition) is 0. The lowest BCUT2D eigenvalue weighted by molar-refractivity contribution is 0.558. The minimum atomic E-state index is 1.03. The third kappa shape index (κ3) is 2.21. The summed E-state index contributed by atoms with van der Waals surface area (Å²) in [5, 5.41) is 0. The third-order valence-corrected chi connectivity index (χ3v) is 2.18. The molecule has 0 atom stereocenters. The van der Waals surface area contributed by atoms with Crippen LogP contribution in [0.15, 0.2) is 12.2 Å². The lowest BCUT2D eigenvalue weighted by Crippen LogP contribution is -1.88. The zero-order valence-electron chi connectivity index (χ0n) is 6.27. The summed E-state index contributed by atoms with van der Waals surface area (Å²) < 4.78 is 0. The maximum atomic E-state index is 2.30. The molecule has 0 aliphatic heterocycles. The van der Waals surface area contributed by atoms with Crippen LogP contribution in [0.1, 0.15) is 39.0 Å². The highest BCUT2D eigenvalue weighted by Crippen LogP contribution is 2.27. The Kier molecular flexibility index (Phi) is 2.82. The van der Waals surface area contributed by atoms with Gasteiger partial charge in [-0.3, -0.25) is 0 Å². The molecule has 52 valence electrons. The molecule has 9 heavy (non-hydrogen) atoms. The van der Waals surface area contributed by atoms with Gasteiger partial charge in [-0.05, 0) is 19.3 Å². The molecule has 1 aliphatic rings. The van der Waals surface area contributed by atoms with E-state index in [2.05, 4.69) is 19.1 Å². The smallest absolute Gasteiger partial charge is 0.0322 e. The minimum absolute atomic E-state index is 1.03. The lowest BCUT2D eigenvalue weighted by Gasteiger charge is -2.01. The lowest BCUT2D eigenvalue weighted by atomic mass is 10.0. The highest BCUT2D eigenvalue weighted by molar-refractivity contribution is 4.82. The van der Waals surface area contributed by atoms with Crippen LogP contribution in [0.2, 0.25) is 0 Å². The van der Waals surface area contributed by atoms with E-state index in [0.717, 1.165) is 5.92 Å². The van der Waals surface area contributed by atoms with Crippen molar-refractivity contribution in [3.8, 4) is 0 Å². The molecule has 0 unspecified atom stereocenters. The van der Waals surface area contributed by atoms with Gasteiger partial charge in [-0.1, -0.05) is 37.8 Å². The van der Waals surface area contributed by atoms with Crippen molar-refractivity contribution in [2.75, 3.05) is 0 Å². The van der Waals surface area contributed by atoms with Crippen LogP contribution in [-0.2, 0) is 0 Å². The molecule has 0 spiro atoms. The molecule has 1 saturated carbocycles. The van der Waals surface area contributed by atoms with E-state index < -0.39 is 0 Å². The van der Waals surface area contributed by atoms with Gasteiger partial charge in [0.05, 0.1) is 0 Å². The van der Waals surface area contributed by atoms with Crippen molar-refractivity contribution in [3.05, 3.63) is 12.2 Å². The maximum Gasteiger partial charge on any atom is -0.0322 e. The first-order valence-corrected chi connectivity index (χ1v) is 4.04. The quantitative estimate of drug-likeness (QED) is 0.496. The maximum absolute atomic E-state index is 2.30. The molecule has 1 fully saturated rings. The van der Waals surface area contributed by atoms with Gasteiger partial charge in [-0.15, -0.1) is 0 Å². The van der Waals surface area contributed by atoms with Crippen molar-refractivity contribution >= 4 is 0 Å². The first-order valence-electron chi connectivity index (χ1n) is 4.04. The van der Waals surface area contributed by atoms with Crippen molar-refractivity contribution in [1.82, 2.24) is 0 Å². The third-order valence-electron chi connectivity index (χ3n) is 2.18. The fourth-order valence-corrected chi connectivity index (χ4v) is 1.57. The number of rotatable bonds is 2. The van der Waals surface area contributed by atoms with Crippen molar-refractivity contribution in [2.24, 2.45) is 5.92 Å². The van der Waals surface area contributed by atoms with Crippen molar-refractivity contribution < 1.29 is 0 Å². The van der Waals surface area contributed by atoms with Crippen LogP contribution in [0, 0.1) is 5.92 Å². The summed E-state index contributed by atoms with van der Waals surface area (Å²) in [6.45, 7) is 2.11. The molecule has 0 saturated heterocycles. The van der Waals surface area contributed by atoms with Gasteiger partial charge in [-0.25, -0.2) is 0 Å². The molecular weight excluding hydrogens is 108 g/mol. The number of allylic oxidation sites excluding steroid dienone is 2. The van der Waals surface area contributed by atoms with Gasteiger partial charge >= 0.3 is 0 Å². The molecule has 0 aromatic heterocycles. The van der Waals surface area contributed by atoms with Gasteiger partial charge in [0, 0.05) is 0 Å². The predicted octanol–water partition coefficient (Wildman–Crippen LogP) is 3.14. The highest BCUT2D eigenvalue weighted by Gasteiger charge is 2.12. The van der Waals surface area contributed by atoms with Crippen LogP contribution >= 0.6 is 0 Å². The molecule has 0 aromatic rings. The van der Waals surface area contributed by atoms with Crippen molar-refractivity contribution in [2.45, 2.75) is 39.0 Å². The molecule has 0 N–H and O–H groups in total. The normalized spacial score (nSPS) is 21.9. The fraction of sp³-hybridized carbons (Fsp3) is 0.778. The van der Waals surface area contributed by atoms with Crippen LogP contribution in [0.4, 0.5) is 0 Å². The second-order valence-corrected chi connectivity index (χ2v) is 2.96. The fourth-order valence-electron chi connectivity index (χ4n) is 1.57. The molecule has 0 amide bonds. The van der Waals surface area contributed by atoms with Crippen LogP contribution in [-0.4, -0.2) is 0 Å². The van der Waals surface area contributed by atoms with Gasteiger partial charge in [0.15, 0.2) is 0 Å². The molecular formula is C9H16. The van der Waals surface area contributed by atoms with Gasteiger partial charge in [-0.2, -0.15) is 0 Å². The SMILES string of the molecule is C/C=C/CC1CCCC1. The Morgan fingerprint density at radius 2 is 2.00 bits per heavy atom. The monoisotopic (exact) mass is 124 g/mol. The summed E-state index contributed by atoms with van der Waals surface area (Å²) in [7, 11) is 0. The Morgan fingerprint density at radius 3 is 2.56 bits per heavy atom. The summed E-state index contributed by atoms with van der Waals surface area (Å²) in [6, 6.07) is 0. The Hall–Kier alpha value is -0.260. The summed E-state index contributed by atoms with van der Waals surface area (Å²) in [5.74, 6) is 1.03. The van der Waals surface area contributed by atoms with Crippen molar-refractivity contribution in [3.63, 3.8) is 0 Å².